The van der Waals surface area contributed by atoms with Gasteiger partial charge in [0.25, 0.3) is 0 Å². The minimum Gasteiger partial charge on any atom is -0.390 e. The first kappa shape index (κ1) is 18.8. The summed E-state index contributed by atoms with van der Waals surface area (Å²) in [6, 6.07) is 14.5. The Morgan fingerprint density at radius 1 is 1.11 bits per heavy atom. The fraction of sp³-hybridized carbons (Fsp3) is 0.545. The Hall–Kier alpha value is -1.50. The average Bonchev–Trinajstić information content (AvgIpc) is 3.12. The van der Waals surface area contributed by atoms with E-state index >= 15 is 0 Å². The van der Waals surface area contributed by atoms with Crippen molar-refractivity contribution < 1.29 is 24.1 Å². The molecular formula is C22H28O5. The molecule has 0 amide bonds. The summed E-state index contributed by atoms with van der Waals surface area (Å²) in [6.45, 7) is 6.21. The smallest absolute Gasteiger partial charge is 0.190 e. The highest BCUT2D eigenvalue weighted by Crippen LogP contribution is 2.40. The standard InChI is InChI=1S/C22H28O5/c1-4-8-17(23)18-19(20-21(25-18)27-22(2,3)26-20)24-13-15-11-7-10-14-9-5-6-12-16(14)15/h5-7,9-12,17-21,23H,4,8,13H2,1-3H3/t17-,18-,19+,20-,21-/m1/s1. The zero-order chi connectivity index (χ0) is 19.0. The summed E-state index contributed by atoms with van der Waals surface area (Å²) in [7, 11) is 0. The van der Waals surface area contributed by atoms with Crippen molar-refractivity contribution in [2.45, 2.75) is 76.7 Å². The van der Waals surface area contributed by atoms with E-state index in [1.54, 1.807) is 0 Å². The molecule has 2 aromatic carbocycles. The van der Waals surface area contributed by atoms with E-state index in [2.05, 4.69) is 24.3 Å². The van der Waals surface area contributed by atoms with Gasteiger partial charge in [0.05, 0.1) is 12.7 Å². The van der Waals surface area contributed by atoms with Crippen LogP contribution in [0.25, 0.3) is 10.8 Å². The molecule has 2 aromatic rings. The fourth-order valence-electron chi connectivity index (χ4n) is 4.07. The van der Waals surface area contributed by atoms with E-state index in [1.807, 2.05) is 39.0 Å². The maximum absolute atomic E-state index is 10.6. The fourth-order valence-corrected chi connectivity index (χ4v) is 4.07. The van der Waals surface area contributed by atoms with Gasteiger partial charge in [-0.25, -0.2) is 0 Å². The van der Waals surface area contributed by atoms with Crippen LogP contribution in [0.15, 0.2) is 42.5 Å². The van der Waals surface area contributed by atoms with E-state index < -0.39 is 24.3 Å². The minimum atomic E-state index is -0.711. The second-order valence-corrected chi connectivity index (χ2v) is 7.84. The molecule has 0 spiro atoms. The van der Waals surface area contributed by atoms with Crippen molar-refractivity contribution in [2.75, 3.05) is 0 Å². The first-order valence-electron chi connectivity index (χ1n) is 9.76. The van der Waals surface area contributed by atoms with E-state index in [9.17, 15) is 5.11 Å². The van der Waals surface area contributed by atoms with Crippen molar-refractivity contribution in [3.8, 4) is 0 Å². The Bertz CT molecular complexity index is 784. The van der Waals surface area contributed by atoms with Gasteiger partial charge in [0.15, 0.2) is 12.1 Å². The number of hydrogen-bond donors (Lipinski definition) is 1. The van der Waals surface area contributed by atoms with Crippen LogP contribution in [0, 0.1) is 0 Å². The van der Waals surface area contributed by atoms with Gasteiger partial charge in [0.2, 0.25) is 0 Å². The van der Waals surface area contributed by atoms with Crippen molar-refractivity contribution in [3.63, 3.8) is 0 Å². The van der Waals surface area contributed by atoms with Gasteiger partial charge in [-0.2, -0.15) is 0 Å². The van der Waals surface area contributed by atoms with Crippen LogP contribution in [-0.4, -0.2) is 41.6 Å². The van der Waals surface area contributed by atoms with Gasteiger partial charge < -0.3 is 24.1 Å². The molecule has 0 saturated carbocycles. The minimum absolute atomic E-state index is 0.341. The van der Waals surface area contributed by atoms with Crippen molar-refractivity contribution in [1.82, 2.24) is 0 Å². The summed E-state index contributed by atoms with van der Waals surface area (Å²) in [5.41, 5.74) is 1.11. The van der Waals surface area contributed by atoms with Gasteiger partial charge in [0, 0.05) is 0 Å². The molecule has 2 saturated heterocycles. The zero-order valence-corrected chi connectivity index (χ0v) is 16.1. The van der Waals surface area contributed by atoms with Crippen LogP contribution in [0.4, 0.5) is 0 Å². The van der Waals surface area contributed by atoms with Crippen LogP contribution < -0.4 is 0 Å². The zero-order valence-electron chi connectivity index (χ0n) is 16.1. The maximum Gasteiger partial charge on any atom is 0.190 e. The molecular weight excluding hydrogens is 344 g/mol. The molecule has 1 N–H and O–H groups in total. The van der Waals surface area contributed by atoms with Crippen molar-refractivity contribution in [1.29, 1.82) is 0 Å². The molecule has 5 heteroatoms. The number of ether oxygens (including phenoxy) is 4. The first-order chi connectivity index (χ1) is 13.0. The predicted octanol–water partition coefficient (Wildman–Crippen LogP) is 3.76. The van der Waals surface area contributed by atoms with E-state index in [1.165, 1.54) is 10.8 Å². The molecule has 0 bridgehead atoms. The summed E-state index contributed by atoms with van der Waals surface area (Å²) in [6.07, 6.45) is -0.751. The summed E-state index contributed by atoms with van der Waals surface area (Å²) < 4.78 is 24.2. The molecule has 2 heterocycles. The molecule has 0 radical (unpaired) electrons. The first-order valence-corrected chi connectivity index (χ1v) is 9.76. The molecule has 146 valence electrons. The molecule has 2 fully saturated rings. The van der Waals surface area contributed by atoms with Crippen LogP contribution in [0.3, 0.4) is 0 Å². The second kappa shape index (κ2) is 7.49. The molecule has 0 unspecified atom stereocenters. The van der Waals surface area contributed by atoms with Gasteiger partial charge in [-0.1, -0.05) is 55.8 Å². The van der Waals surface area contributed by atoms with Crippen molar-refractivity contribution in [3.05, 3.63) is 48.0 Å². The molecule has 27 heavy (non-hydrogen) atoms. The van der Waals surface area contributed by atoms with Crippen LogP contribution in [-0.2, 0) is 25.6 Å². The lowest BCUT2D eigenvalue weighted by Gasteiger charge is -2.28. The average molecular weight is 372 g/mol. The largest absolute Gasteiger partial charge is 0.390 e. The Kier molecular flexibility index (Phi) is 5.23. The Balaban J connectivity index is 1.55. The van der Waals surface area contributed by atoms with Gasteiger partial charge in [-0.05, 0) is 36.6 Å². The Morgan fingerprint density at radius 2 is 1.89 bits per heavy atom. The monoisotopic (exact) mass is 372 g/mol. The lowest BCUT2D eigenvalue weighted by atomic mass is 10.0. The van der Waals surface area contributed by atoms with Crippen LogP contribution >= 0.6 is 0 Å². The predicted molar refractivity (Wildman–Crippen MR) is 102 cm³/mol. The third-order valence-corrected chi connectivity index (χ3v) is 5.30. The number of aliphatic hydroxyl groups is 1. The lowest BCUT2D eigenvalue weighted by molar-refractivity contribution is -0.230. The number of fused-ring (bicyclic) bond motifs is 2. The topological polar surface area (TPSA) is 57.2 Å². The lowest BCUT2D eigenvalue weighted by Crippen LogP contribution is -2.42. The van der Waals surface area contributed by atoms with E-state index in [-0.39, 0.29) is 12.2 Å². The van der Waals surface area contributed by atoms with Gasteiger partial charge in [-0.15, -0.1) is 0 Å². The van der Waals surface area contributed by atoms with Crippen molar-refractivity contribution in [2.24, 2.45) is 0 Å². The van der Waals surface area contributed by atoms with Gasteiger partial charge in [-0.3, -0.25) is 0 Å². The highest BCUT2D eigenvalue weighted by molar-refractivity contribution is 5.85. The Labute approximate surface area is 160 Å². The quantitative estimate of drug-likeness (QED) is 0.837. The second-order valence-electron chi connectivity index (χ2n) is 7.84. The highest BCUT2D eigenvalue weighted by Gasteiger charge is 2.56. The van der Waals surface area contributed by atoms with Crippen molar-refractivity contribution >= 4 is 10.8 Å². The molecule has 2 aliphatic heterocycles. The van der Waals surface area contributed by atoms with E-state index in [0.717, 1.165) is 12.0 Å². The van der Waals surface area contributed by atoms with Crippen LogP contribution in [0.5, 0.6) is 0 Å². The molecule has 0 aliphatic carbocycles. The van der Waals surface area contributed by atoms with Gasteiger partial charge >= 0.3 is 0 Å². The molecule has 4 rings (SSSR count). The number of benzene rings is 2. The maximum atomic E-state index is 10.6. The normalized spacial score (nSPS) is 30.5. The van der Waals surface area contributed by atoms with E-state index in [4.69, 9.17) is 18.9 Å². The number of rotatable bonds is 6. The third kappa shape index (κ3) is 3.75. The van der Waals surface area contributed by atoms with Crippen LogP contribution in [0.1, 0.15) is 39.2 Å². The Morgan fingerprint density at radius 3 is 2.70 bits per heavy atom. The van der Waals surface area contributed by atoms with E-state index in [0.29, 0.717) is 13.0 Å². The third-order valence-electron chi connectivity index (χ3n) is 5.30. The number of aliphatic hydroxyl groups excluding tert-OH is 1. The molecule has 5 nitrogen and oxygen atoms in total. The molecule has 0 aromatic heterocycles. The summed E-state index contributed by atoms with van der Waals surface area (Å²) in [5, 5.41) is 12.9. The number of hydrogen-bond acceptors (Lipinski definition) is 5. The van der Waals surface area contributed by atoms with Gasteiger partial charge in [0.1, 0.15) is 18.3 Å². The molecule has 5 atom stereocenters. The molecule has 2 aliphatic rings. The highest BCUT2D eigenvalue weighted by atomic mass is 16.8. The summed E-state index contributed by atoms with van der Waals surface area (Å²) in [4.78, 5) is 0. The summed E-state index contributed by atoms with van der Waals surface area (Å²) >= 11 is 0. The SMILES string of the molecule is CCC[C@@H](O)[C@H]1O[C@@H]2OC(C)(C)O[C@@H]2[C@H]1OCc1cccc2ccccc12. The summed E-state index contributed by atoms with van der Waals surface area (Å²) in [5.74, 6) is -0.711. The van der Waals surface area contributed by atoms with Crippen LogP contribution in [0.2, 0.25) is 0 Å².